The highest BCUT2D eigenvalue weighted by Gasteiger charge is 2.43. The molecule has 0 radical (unpaired) electrons. The van der Waals surface area contributed by atoms with Gasteiger partial charge in [-0.05, 0) is 47.7 Å². The van der Waals surface area contributed by atoms with Gasteiger partial charge in [-0.3, -0.25) is 0 Å². The molecule has 1 atom stereocenters. The van der Waals surface area contributed by atoms with Gasteiger partial charge in [0, 0.05) is 10.6 Å². The van der Waals surface area contributed by atoms with Crippen LogP contribution < -0.4 is 4.74 Å². The van der Waals surface area contributed by atoms with Crippen LogP contribution in [-0.2, 0) is 16.3 Å². The third-order valence-electron chi connectivity index (χ3n) is 4.25. The molecule has 1 unspecified atom stereocenters. The van der Waals surface area contributed by atoms with Crippen molar-refractivity contribution in [1.29, 1.82) is 0 Å². The Labute approximate surface area is 132 Å². The molecular formula is C17H16O2S2. The van der Waals surface area contributed by atoms with Gasteiger partial charge in [-0.1, -0.05) is 18.2 Å². The summed E-state index contributed by atoms with van der Waals surface area (Å²) in [5, 5.41) is 9.98. The molecule has 0 saturated carbocycles. The fourth-order valence-corrected chi connectivity index (χ4v) is 6.43. The predicted octanol–water partition coefficient (Wildman–Crippen LogP) is 4.54. The second-order valence-electron chi connectivity index (χ2n) is 5.43. The zero-order valence-corrected chi connectivity index (χ0v) is 13.4. The van der Waals surface area contributed by atoms with Crippen molar-refractivity contribution in [3.05, 3.63) is 53.1 Å². The van der Waals surface area contributed by atoms with E-state index in [2.05, 4.69) is 24.3 Å². The summed E-state index contributed by atoms with van der Waals surface area (Å²) in [5.74, 6) is 1.88. The van der Waals surface area contributed by atoms with Crippen LogP contribution in [0.5, 0.6) is 11.5 Å². The monoisotopic (exact) mass is 316 g/mol. The number of hydrogen-bond acceptors (Lipinski definition) is 4. The average molecular weight is 316 g/mol. The van der Waals surface area contributed by atoms with Gasteiger partial charge in [-0.25, -0.2) is 0 Å². The highest BCUT2D eigenvalue weighted by atomic mass is 32.2. The minimum absolute atomic E-state index is 0.0741. The Morgan fingerprint density at radius 3 is 2.90 bits per heavy atom. The van der Waals surface area contributed by atoms with Crippen LogP contribution in [0, 0.1) is 0 Å². The van der Waals surface area contributed by atoms with E-state index in [-0.39, 0.29) is 9.83 Å². The number of fused-ring (bicyclic) bond motifs is 3. The van der Waals surface area contributed by atoms with Crippen LogP contribution in [0.15, 0.2) is 41.3 Å². The number of methoxy groups -OCH3 is 1. The van der Waals surface area contributed by atoms with Crippen molar-refractivity contribution in [2.75, 3.05) is 7.11 Å². The maximum Gasteiger partial charge on any atom is 0.160 e. The molecular weight excluding hydrogens is 300 g/mol. The Morgan fingerprint density at radius 1 is 1.19 bits per heavy atom. The van der Waals surface area contributed by atoms with Crippen LogP contribution >= 0.6 is 23.5 Å². The lowest BCUT2D eigenvalue weighted by atomic mass is 10.1. The van der Waals surface area contributed by atoms with Crippen molar-refractivity contribution < 1.29 is 9.84 Å². The normalized spacial score (nSPS) is 22.9. The third-order valence-corrected chi connectivity index (χ3v) is 7.57. The largest absolute Gasteiger partial charge is 0.504 e. The molecule has 21 heavy (non-hydrogen) atoms. The van der Waals surface area contributed by atoms with Crippen LogP contribution in [-0.4, -0.2) is 12.2 Å². The van der Waals surface area contributed by atoms with E-state index in [4.69, 9.17) is 4.74 Å². The molecule has 4 rings (SSSR count). The first-order valence-electron chi connectivity index (χ1n) is 7.03. The van der Waals surface area contributed by atoms with E-state index < -0.39 is 0 Å². The molecule has 2 nitrogen and oxygen atoms in total. The minimum atomic E-state index is 0.0741. The van der Waals surface area contributed by atoms with Crippen molar-refractivity contribution in [2.24, 2.45) is 0 Å². The number of benzene rings is 2. The van der Waals surface area contributed by atoms with Gasteiger partial charge in [0.1, 0.15) is 0 Å². The lowest BCUT2D eigenvalue weighted by Crippen LogP contribution is -2.17. The summed E-state index contributed by atoms with van der Waals surface area (Å²) in [4.78, 5) is 1.39. The predicted molar refractivity (Wildman–Crippen MR) is 88.3 cm³/mol. The van der Waals surface area contributed by atoms with Gasteiger partial charge in [0.25, 0.3) is 0 Å². The summed E-state index contributed by atoms with van der Waals surface area (Å²) >= 11 is 3.97. The third kappa shape index (κ3) is 2.04. The number of phenols is 1. The van der Waals surface area contributed by atoms with Crippen molar-refractivity contribution in [1.82, 2.24) is 0 Å². The van der Waals surface area contributed by atoms with Crippen molar-refractivity contribution in [2.45, 2.75) is 27.6 Å². The summed E-state index contributed by atoms with van der Waals surface area (Å²) in [7, 11) is 1.61. The van der Waals surface area contributed by atoms with Crippen LogP contribution in [0.1, 0.15) is 23.1 Å². The quantitative estimate of drug-likeness (QED) is 0.836. The Morgan fingerprint density at radius 2 is 2.05 bits per heavy atom. The van der Waals surface area contributed by atoms with E-state index >= 15 is 0 Å². The number of rotatable bonds is 1. The van der Waals surface area contributed by atoms with Crippen LogP contribution in [0.2, 0.25) is 0 Å². The molecule has 0 bridgehead atoms. The van der Waals surface area contributed by atoms with E-state index in [0.717, 1.165) is 18.6 Å². The molecule has 1 aliphatic carbocycles. The van der Waals surface area contributed by atoms with Gasteiger partial charge < -0.3 is 9.84 Å². The SMILES string of the molecule is COc1cc2c(cc1O)CCC21SCc2ccccc2S1. The molecule has 108 valence electrons. The van der Waals surface area contributed by atoms with Gasteiger partial charge in [0.05, 0.1) is 11.2 Å². The average Bonchev–Trinajstić information content (AvgIpc) is 2.84. The molecule has 0 fully saturated rings. The van der Waals surface area contributed by atoms with Gasteiger partial charge in [-0.2, -0.15) is 0 Å². The Kier molecular flexibility index (Phi) is 3.12. The molecule has 0 amide bonds. The topological polar surface area (TPSA) is 29.5 Å². The Hall–Kier alpha value is -1.26. The standard InChI is InChI=1S/C17H16O2S2/c1-19-15-9-13-11(8-14(15)18)6-7-17(13)20-10-12-4-2-3-5-16(12)21-17/h2-5,8-9,18H,6-7,10H2,1H3. The molecule has 2 aromatic rings. The molecule has 1 spiro atoms. The maximum absolute atomic E-state index is 9.98. The number of phenolic OH excluding ortho intramolecular Hbond substituents is 1. The van der Waals surface area contributed by atoms with E-state index in [1.54, 1.807) is 7.11 Å². The summed E-state index contributed by atoms with van der Waals surface area (Å²) in [6.45, 7) is 0. The van der Waals surface area contributed by atoms with E-state index in [1.807, 2.05) is 35.7 Å². The summed E-state index contributed by atoms with van der Waals surface area (Å²) < 4.78 is 5.38. The van der Waals surface area contributed by atoms with E-state index in [1.165, 1.54) is 21.6 Å². The first-order valence-corrected chi connectivity index (χ1v) is 8.83. The first-order chi connectivity index (χ1) is 10.2. The number of hydrogen-bond donors (Lipinski definition) is 1. The minimum Gasteiger partial charge on any atom is -0.504 e. The zero-order valence-electron chi connectivity index (χ0n) is 11.8. The highest BCUT2D eigenvalue weighted by Crippen LogP contribution is 2.62. The fourth-order valence-electron chi connectivity index (χ4n) is 3.15. The second-order valence-corrected chi connectivity index (χ2v) is 8.31. The maximum atomic E-state index is 9.98. The van der Waals surface area contributed by atoms with Gasteiger partial charge >= 0.3 is 0 Å². The summed E-state index contributed by atoms with van der Waals surface area (Å²) in [6.07, 6.45) is 2.13. The van der Waals surface area contributed by atoms with Crippen LogP contribution in [0.3, 0.4) is 0 Å². The van der Waals surface area contributed by atoms with E-state index in [0.29, 0.717) is 5.75 Å². The molecule has 0 aromatic heterocycles. The molecule has 1 N–H and O–H groups in total. The van der Waals surface area contributed by atoms with Gasteiger partial charge in [0.15, 0.2) is 11.5 Å². The molecule has 0 saturated heterocycles. The number of aromatic hydroxyl groups is 1. The van der Waals surface area contributed by atoms with Crippen LogP contribution in [0.25, 0.3) is 0 Å². The number of ether oxygens (including phenoxy) is 1. The number of thioether (sulfide) groups is 2. The molecule has 2 aliphatic rings. The Bertz CT molecular complexity index is 714. The lowest BCUT2D eigenvalue weighted by molar-refractivity contribution is 0.373. The summed E-state index contributed by atoms with van der Waals surface area (Å²) in [5.41, 5.74) is 4.01. The molecule has 1 heterocycles. The molecule has 4 heteroatoms. The smallest absolute Gasteiger partial charge is 0.160 e. The first kappa shape index (κ1) is 13.4. The van der Waals surface area contributed by atoms with Crippen molar-refractivity contribution in [3.63, 3.8) is 0 Å². The molecule has 2 aromatic carbocycles. The van der Waals surface area contributed by atoms with Crippen molar-refractivity contribution in [3.8, 4) is 11.5 Å². The molecule has 1 aliphatic heterocycles. The highest BCUT2D eigenvalue weighted by molar-refractivity contribution is 8.17. The summed E-state index contributed by atoms with van der Waals surface area (Å²) in [6, 6.07) is 12.6. The second kappa shape index (κ2) is 4.89. The van der Waals surface area contributed by atoms with E-state index in [9.17, 15) is 5.11 Å². The van der Waals surface area contributed by atoms with Crippen molar-refractivity contribution >= 4 is 23.5 Å². The van der Waals surface area contributed by atoms with Crippen LogP contribution in [0.4, 0.5) is 0 Å². The number of aryl methyl sites for hydroxylation is 1. The Balaban J connectivity index is 1.80. The zero-order chi connectivity index (χ0) is 14.4. The fraction of sp³-hybridized carbons (Fsp3) is 0.294. The lowest BCUT2D eigenvalue weighted by Gasteiger charge is -2.34. The van der Waals surface area contributed by atoms with Gasteiger partial charge in [0.2, 0.25) is 0 Å². The van der Waals surface area contributed by atoms with Gasteiger partial charge in [-0.15, -0.1) is 23.5 Å².